The molecule has 1 saturated heterocycles. The molecule has 0 radical (unpaired) electrons. The Labute approximate surface area is 161 Å². The third-order valence-corrected chi connectivity index (χ3v) is 4.89. The monoisotopic (exact) mass is 368 g/mol. The fourth-order valence-electron chi connectivity index (χ4n) is 3.27. The predicted octanol–water partition coefficient (Wildman–Crippen LogP) is 3.44. The minimum atomic E-state index is -0.597. The van der Waals surface area contributed by atoms with Crippen LogP contribution in [0.25, 0.3) is 0 Å². The molecule has 1 amide bonds. The van der Waals surface area contributed by atoms with E-state index in [9.17, 15) is 4.79 Å². The first-order valence-electron chi connectivity index (χ1n) is 9.55. The summed E-state index contributed by atoms with van der Waals surface area (Å²) in [6.45, 7) is 4.61. The summed E-state index contributed by atoms with van der Waals surface area (Å²) < 4.78 is 12.3. The number of rotatable bonds is 7. The molecular formula is C22H28N2O3. The van der Waals surface area contributed by atoms with Gasteiger partial charge in [-0.05, 0) is 43.0 Å². The molecule has 5 heteroatoms. The van der Waals surface area contributed by atoms with Crippen molar-refractivity contribution in [1.29, 1.82) is 0 Å². The quantitative estimate of drug-likeness (QED) is 0.761. The van der Waals surface area contributed by atoms with Crippen LogP contribution in [0.15, 0.2) is 60.7 Å². The van der Waals surface area contributed by atoms with E-state index in [1.54, 1.807) is 0 Å². The minimum Gasteiger partial charge on any atom is -0.453 e. The second-order valence-electron chi connectivity index (χ2n) is 7.24. The number of hydrogen-bond acceptors (Lipinski definition) is 4. The molecule has 2 N–H and O–H groups in total. The van der Waals surface area contributed by atoms with Crippen molar-refractivity contribution in [1.82, 2.24) is 4.90 Å². The number of benzene rings is 2. The molecule has 5 nitrogen and oxygen atoms in total. The average Bonchev–Trinajstić information content (AvgIpc) is 3.17. The predicted molar refractivity (Wildman–Crippen MR) is 105 cm³/mol. The van der Waals surface area contributed by atoms with Gasteiger partial charge in [0.2, 0.25) is 5.91 Å². The maximum atomic E-state index is 12.9. The largest absolute Gasteiger partial charge is 0.453 e. The van der Waals surface area contributed by atoms with Gasteiger partial charge in [0.25, 0.3) is 6.29 Å². The molecule has 2 aromatic carbocycles. The highest BCUT2D eigenvalue weighted by atomic mass is 16.7. The van der Waals surface area contributed by atoms with E-state index in [-0.39, 0.29) is 17.9 Å². The molecule has 1 aliphatic heterocycles. The Bertz CT molecular complexity index is 679. The van der Waals surface area contributed by atoms with Gasteiger partial charge in [0.1, 0.15) is 17.5 Å². The number of carbonyl (C=O) groups is 1. The van der Waals surface area contributed by atoms with Gasteiger partial charge in [0.05, 0.1) is 6.04 Å². The Hall–Kier alpha value is -2.53. The lowest BCUT2D eigenvalue weighted by Crippen LogP contribution is -2.53. The molecule has 0 aliphatic carbocycles. The van der Waals surface area contributed by atoms with E-state index in [4.69, 9.17) is 15.2 Å². The van der Waals surface area contributed by atoms with Gasteiger partial charge in [0, 0.05) is 6.54 Å². The highest BCUT2D eigenvalue weighted by molar-refractivity contribution is 5.82. The summed E-state index contributed by atoms with van der Waals surface area (Å²) in [5.74, 6) is 1.48. The minimum absolute atomic E-state index is 0.0363. The standard InChI is InChI=1S/C22H28N2O3/c1-16(2)20(23)21(25)24-15-9-14-19(24)22(26-17-10-5-3-6-11-17)27-18-12-7-4-8-13-18/h3-8,10-13,16,19-20,22H,9,14-15,23H2,1-2H3. The Morgan fingerprint density at radius 2 is 1.52 bits per heavy atom. The maximum absolute atomic E-state index is 12.9. The summed E-state index contributed by atoms with van der Waals surface area (Å²) in [5, 5.41) is 0. The zero-order chi connectivity index (χ0) is 19.2. The van der Waals surface area contributed by atoms with Crippen molar-refractivity contribution in [3.05, 3.63) is 60.7 Å². The summed E-state index contributed by atoms with van der Waals surface area (Å²) in [4.78, 5) is 14.7. The smallest absolute Gasteiger partial charge is 0.261 e. The number of para-hydroxylation sites is 2. The van der Waals surface area contributed by atoms with Crippen LogP contribution >= 0.6 is 0 Å². The van der Waals surface area contributed by atoms with Crippen molar-refractivity contribution in [2.75, 3.05) is 6.54 Å². The highest BCUT2D eigenvalue weighted by Crippen LogP contribution is 2.27. The van der Waals surface area contributed by atoms with Crippen LogP contribution in [-0.2, 0) is 4.79 Å². The van der Waals surface area contributed by atoms with Crippen molar-refractivity contribution in [3.8, 4) is 11.5 Å². The summed E-state index contributed by atoms with van der Waals surface area (Å²) in [7, 11) is 0. The fraction of sp³-hybridized carbons (Fsp3) is 0.409. The summed E-state index contributed by atoms with van der Waals surface area (Å²) >= 11 is 0. The normalized spacial score (nSPS) is 18.0. The first kappa shape index (κ1) is 19.2. The Morgan fingerprint density at radius 3 is 2.00 bits per heavy atom. The third-order valence-electron chi connectivity index (χ3n) is 4.89. The fourth-order valence-corrected chi connectivity index (χ4v) is 3.27. The van der Waals surface area contributed by atoms with Gasteiger partial charge in [-0.3, -0.25) is 4.79 Å². The Morgan fingerprint density at radius 1 is 1.00 bits per heavy atom. The van der Waals surface area contributed by atoms with Gasteiger partial charge < -0.3 is 20.1 Å². The third kappa shape index (κ3) is 4.80. The van der Waals surface area contributed by atoms with Crippen molar-refractivity contribution >= 4 is 5.91 Å². The number of likely N-dealkylation sites (tertiary alicyclic amines) is 1. The first-order chi connectivity index (χ1) is 13.1. The Kier molecular flexibility index (Phi) is 6.35. The van der Waals surface area contributed by atoms with Crippen molar-refractivity contribution in [2.45, 2.75) is 45.1 Å². The van der Waals surface area contributed by atoms with Gasteiger partial charge in [-0.1, -0.05) is 50.2 Å². The molecule has 0 aromatic heterocycles. The summed E-state index contributed by atoms with van der Waals surface area (Å²) in [6, 6.07) is 18.4. The molecule has 2 unspecified atom stereocenters. The van der Waals surface area contributed by atoms with E-state index in [2.05, 4.69) is 0 Å². The number of nitrogens with zero attached hydrogens (tertiary/aromatic N) is 1. The molecule has 144 valence electrons. The van der Waals surface area contributed by atoms with Gasteiger partial charge in [0.15, 0.2) is 0 Å². The zero-order valence-corrected chi connectivity index (χ0v) is 16.0. The van der Waals surface area contributed by atoms with Gasteiger partial charge in [-0.2, -0.15) is 0 Å². The van der Waals surface area contributed by atoms with Crippen LogP contribution in [0.3, 0.4) is 0 Å². The highest BCUT2D eigenvalue weighted by Gasteiger charge is 2.39. The maximum Gasteiger partial charge on any atom is 0.261 e. The van der Waals surface area contributed by atoms with E-state index in [0.717, 1.165) is 12.8 Å². The molecular weight excluding hydrogens is 340 g/mol. The van der Waals surface area contributed by atoms with Crippen LogP contribution in [0, 0.1) is 5.92 Å². The molecule has 3 rings (SSSR count). The van der Waals surface area contributed by atoms with Gasteiger partial charge in [-0.25, -0.2) is 0 Å². The van der Waals surface area contributed by atoms with Crippen LogP contribution in [0.2, 0.25) is 0 Å². The van der Waals surface area contributed by atoms with Gasteiger partial charge in [-0.15, -0.1) is 0 Å². The van der Waals surface area contributed by atoms with Crippen LogP contribution in [0.1, 0.15) is 26.7 Å². The van der Waals surface area contributed by atoms with Crippen molar-refractivity contribution < 1.29 is 14.3 Å². The van der Waals surface area contributed by atoms with E-state index >= 15 is 0 Å². The van der Waals surface area contributed by atoms with Crippen LogP contribution in [-0.4, -0.2) is 35.7 Å². The number of carbonyl (C=O) groups excluding carboxylic acids is 1. The van der Waals surface area contributed by atoms with E-state index < -0.39 is 12.3 Å². The zero-order valence-electron chi connectivity index (χ0n) is 16.0. The molecule has 2 aromatic rings. The van der Waals surface area contributed by atoms with Crippen LogP contribution in [0.5, 0.6) is 11.5 Å². The molecule has 1 heterocycles. The van der Waals surface area contributed by atoms with Crippen molar-refractivity contribution in [3.63, 3.8) is 0 Å². The average molecular weight is 368 g/mol. The van der Waals surface area contributed by atoms with E-state index in [0.29, 0.717) is 18.0 Å². The topological polar surface area (TPSA) is 64.8 Å². The molecule has 0 bridgehead atoms. The number of ether oxygens (including phenoxy) is 2. The van der Waals surface area contributed by atoms with Crippen LogP contribution in [0.4, 0.5) is 0 Å². The molecule has 27 heavy (non-hydrogen) atoms. The Balaban J connectivity index is 1.83. The number of nitrogens with two attached hydrogens (primary N) is 1. The number of amides is 1. The second kappa shape index (κ2) is 8.91. The van der Waals surface area contributed by atoms with Crippen LogP contribution < -0.4 is 15.2 Å². The molecule has 1 aliphatic rings. The molecule has 1 fully saturated rings. The lowest BCUT2D eigenvalue weighted by molar-refractivity contribution is -0.140. The van der Waals surface area contributed by atoms with Crippen molar-refractivity contribution in [2.24, 2.45) is 11.7 Å². The number of hydrogen-bond donors (Lipinski definition) is 1. The summed E-state index contributed by atoms with van der Waals surface area (Å²) in [6.07, 6.45) is 1.13. The van der Waals surface area contributed by atoms with Gasteiger partial charge >= 0.3 is 0 Å². The molecule has 2 atom stereocenters. The SMILES string of the molecule is CC(C)C(N)C(=O)N1CCCC1C(Oc1ccccc1)Oc1ccccc1. The molecule has 0 saturated carbocycles. The van der Waals surface area contributed by atoms with E-state index in [1.165, 1.54) is 0 Å². The summed E-state index contributed by atoms with van der Waals surface area (Å²) in [5.41, 5.74) is 6.13. The lowest BCUT2D eigenvalue weighted by atomic mass is 10.0. The first-order valence-corrected chi connectivity index (χ1v) is 9.55. The lowest BCUT2D eigenvalue weighted by Gasteiger charge is -2.34. The molecule has 0 spiro atoms. The second-order valence-corrected chi connectivity index (χ2v) is 7.24. The van der Waals surface area contributed by atoms with E-state index in [1.807, 2.05) is 79.4 Å².